The molecule has 2 heteroatoms. The topological polar surface area (TPSA) is 35.2 Å². The Balaban J connectivity index is 2.05. The average Bonchev–Trinajstić information content (AvgIpc) is 2.14. The molecule has 1 fully saturated rings. The minimum Gasteiger partial charge on any atom is -0.380 e. The van der Waals surface area contributed by atoms with Gasteiger partial charge < -0.3 is 10.5 Å². The molecule has 0 atom stereocenters. The first-order chi connectivity index (χ1) is 6.90. The predicted molar refractivity (Wildman–Crippen MR) is 58.1 cm³/mol. The van der Waals surface area contributed by atoms with Gasteiger partial charge in [0.25, 0.3) is 0 Å². The molecule has 0 unspecified atom stereocenters. The average molecular weight is 189 g/mol. The number of hydrogen-bond donors (Lipinski definition) is 1. The SMILES string of the molecule is NC/C=C/c1ccc(C2COC2)cc1. The molecule has 0 spiro atoms. The van der Waals surface area contributed by atoms with Crippen molar-refractivity contribution in [2.45, 2.75) is 5.92 Å². The Morgan fingerprint density at radius 3 is 2.50 bits per heavy atom. The molecule has 0 aliphatic carbocycles. The molecule has 2 N–H and O–H groups in total. The van der Waals surface area contributed by atoms with Crippen molar-refractivity contribution in [2.24, 2.45) is 5.73 Å². The van der Waals surface area contributed by atoms with E-state index in [-0.39, 0.29) is 0 Å². The molecule has 1 aliphatic heterocycles. The van der Waals surface area contributed by atoms with Crippen molar-refractivity contribution in [1.29, 1.82) is 0 Å². The second-order valence-electron chi connectivity index (χ2n) is 3.54. The predicted octanol–water partition coefficient (Wildman–Crippen LogP) is 1.77. The standard InChI is InChI=1S/C12H15NO/c13-7-1-2-10-3-5-11(6-4-10)12-8-14-9-12/h1-6,12H,7-9,13H2/b2-1+. The summed E-state index contributed by atoms with van der Waals surface area (Å²) in [6.45, 7) is 2.34. The number of hydrogen-bond acceptors (Lipinski definition) is 2. The van der Waals surface area contributed by atoms with Crippen molar-refractivity contribution in [2.75, 3.05) is 19.8 Å². The zero-order valence-electron chi connectivity index (χ0n) is 8.15. The highest BCUT2D eigenvalue weighted by atomic mass is 16.5. The van der Waals surface area contributed by atoms with Crippen molar-refractivity contribution >= 4 is 6.08 Å². The molecule has 0 bridgehead atoms. The van der Waals surface area contributed by atoms with Gasteiger partial charge in [-0.1, -0.05) is 36.4 Å². The Morgan fingerprint density at radius 2 is 2.00 bits per heavy atom. The molecule has 1 aromatic carbocycles. The first kappa shape index (κ1) is 9.44. The van der Waals surface area contributed by atoms with Crippen molar-refractivity contribution < 1.29 is 4.74 Å². The number of benzene rings is 1. The Kier molecular flexibility index (Phi) is 2.96. The fourth-order valence-corrected chi connectivity index (χ4v) is 1.51. The van der Waals surface area contributed by atoms with Gasteiger partial charge in [-0.2, -0.15) is 0 Å². The normalized spacial score (nSPS) is 17.2. The Hall–Kier alpha value is -1.12. The van der Waals surface area contributed by atoms with Gasteiger partial charge in [-0.05, 0) is 11.1 Å². The van der Waals surface area contributed by atoms with Crippen LogP contribution in [0.3, 0.4) is 0 Å². The van der Waals surface area contributed by atoms with Gasteiger partial charge >= 0.3 is 0 Å². The summed E-state index contributed by atoms with van der Waals surface area (Å²) in [5.41, 5.74) is 7.97. The highest BCUT2D eigenvalue weighted by molar-refractivity contribution is 5.50. The third-order valence-electron chi connectivity index (χ3n) is 2.49. The summed E-state index contributed by atoms with van der Waals surface area (Å²) in [7, 11) is 0. The highest BCUT2D eigenvalue weighted by Crippen LogP contribution is 2.24. The molecular weight excluding hydrogens is 174 g/mol. The molecule has 2 nitrogen and oxygen atoms in total. The number of nitrogens with two attached hydrogens (primary N) is 1. The second-order valence-corrected chi connectivity index (χ2v) is 3.54. The molecule has 0 amide bonds. The van der Waals surface area contributed by atoms with E-state index in [2.05, 4.69) is 24.3 Å². The summed E-state index contributed by atoms with van der Waals surface area (Å²) in [4.78, 5) is 0. The summed E-state index contributed by atoms with van der Waals surface area (Å²) in [5, 5.41) is 0. The van der Waals surface area contributed by atoms with Crippen LogP contribution in [0.5, 0.6) is 0 Å². The van der Waals surface area contributed by atoms with Gasteiger partial charge in [0.1, 0.15) is 0 Å². The molecule has 0 saturated carbocycles. The summed E-state index contributed by atoms with van der Waals surface area (Å²) in [6.07, 6.45) is 4.00. The summed E-state index contributed by atoms with van der Waals surface area (Å²) >= 11 is 0. The lowest BCUT2D eigenvalue weighted by molar-refractivity contribution is 0.00842. The Bertz CT molecular complexity index is 312. The molecule has 0 aromatic heterocycles. The lowest BCUT2D eigenvalue weighted by Crippen LogP contribution is -2.24. The Labute approximate surface area is 84.4 Å². The van der Waals surface area contributed by atoms with E-state index in [4.69, 9.17) is 10.5 Å². The van der Waals surface area contributed by atoms with Gasteiger partial charge in [-0.15, -0.1) is 0 Å². The third-order valence-corrected chi connectivity index (χ3v) is 2.49. The van der Waals surface area contributed by atoms with Crippen LogP contribution in [0.2, 0.25) is 0 Å². The number of ether oxygens (including phenoxy) is 1. The van der Waals surface area contributed by atoms with Crippen LogP contribution in [0.25, 0.3) is 6.08 Å². The zero-order chi connectivity index (χ0) is 9.80. The van der Waals surface area contributed by atoms with Crippen molar-refractivity contribution in [1.82, 2.24) is 0 Å². The largest absolute Gasteiger partial charge is 0.380 e. The smallest absolute Gasteiger partial charge is 0.0557 e. The fourth-order valence-electron chi connectivity index (χ4n) is 1.51. The van der Waals surface area contributed by atoms with E-state index in [1.165, 1.54) is 11.1 Å². The van der Waals surface area contributed by atoms with E-state index < -0.39 is 0 Å². The van der Waals surface area contributed by atoms with E-state index in [9.17, 15) is 0 Å². The number of rotatable bonds is 3. The lowest BCUT2D eigenvalue weighted by Gasteiger charge is -2.26. The fraction of sp³-hybridized carbons (Fsp3) is 0.333. The van der Waals surface area contributed by atoms with Crippen LogP contribution in [0, 0.1) is 0 Å². The van der Waals surface area contributed by atoms with Gasteiger partial charge in [0.2, 0.25) is 0 Å². The molecule has 1 heterocycles. The molecule has 1 aliphatic rings. The van der Waals surface area contributed by atoms with Crippen molar-refractivity contribution in [3.05, 3.63) is 41.5 Å². The van der Waals surface area contributed by atoms with Crippen LogP contribution < -0.4 is 5.73 Å². The molecule has 14 heavy (non-hydrogen) atoms. The molecule has 1 aromatic rings. The zero-order valence-corrected chi connectivity index (χ0v) is 8.15. The maximum Gasteiger partial charge on any atom is 0.0557 e. The molecule has 2 rings (SSSR count). The monoisotopic (exact) mass is 189 g/mol. The van der Waals surface area contributed by atoms with Gasteiger partial charge in [0.15, 0.2) is 0 Å². The van der Waals surface area contributed by atoms with Crippen LogP contribution in [0.15, 0.2) is 30.3 Å². The summed E-state index contributed by atoms with van der Waals surface area (Å²) in [6, 6.07) is 8.59. The first-order valence-electron chi connectivity index (χ1n) is 4.94. The van der Waals surface area contributed by atoms with E-state index in [1.807, 2.05) is 12.2 Å². The lowest BCUT2D eigenvalue weighted by atomic mass is 9.97. The maximum atomic E-state index is 5.38. The molecule has 0 radical (unpaired) electrons. The summed E-state index contributed by atoms with van der Waals surface area (Å²) < 4.78 is 5.15. The van der Waals surface area contributed by atoms with E-state index >= 15 is 0 Å². The molecular formula is C12H15NO. The van der Waals surface area contributed by atoms with Crippen LogP contribution >= 0.6 is 0 Å². The van der Waals surface area contributed by atoms with Gasteiger partial charge in [0.05, 0.1) is 13.2 Å². The Morgan fingerprint density at radius 1 is 1.29 bits per heavy atom. The first-order valence-corrected chi connectivity index (χ1v) is 4.94. The van der Waals surface area contributed by atoms with Crippen molar-refractivity contribution in [3.63, 3.8) is 0 Å². The van der Waals surface area contributed by atoms with Crippen LogP contribution in [-0.4, -0.2) is 19.8 Å². The van der Waals surface area contributed by atoms with E-state index in [1.54, 1.807) is 0 Å². The quantitative estimate of drug-likeness (QED) is 0.786. The molecule has 1 saturated heterocycles. The summed E-state index contributed by atoms with van der Waals surface area (Å²) in [5.74, 6) is 0.613. The van der Waals surface area contributed by atoms with Gasteiger partial charge in [-0.3, -0.25) is 0 Å². The van der Waals surface area contributed by atoms with Crippen LogP contribution in [0.1, 0.15) is 17.0 Å². The minimum atomic E-state index is 0.595. The second kappa shape index (κ2) is 4.40. The van der Waals surface area contributed by atoms with Crippen molar-refractivity contribution in [3.8, 4) is 0 Å². The van der Waals surface area contributed by atoms with Crippen LogP contribution in [0.4, 0.5) is 0 Å². The van der Waals surface area contributed by atoms with E-state index in [0.29, 0.717) is 12.5 Å². The third kappa shape index (κ3) is 2.03. The highest BCUT2D eigenvalue weighted by Gasteiger charge is 2.19. The maximum absolute atomic E-state index is 5.38. The van der Waals surface area contributed by atoms with Gasteiger partial charge in [0, 0.05) is 12.5 Å². The van der Waals surface area contributed by atoms with Crippen LogP contribution in [-0.2, 0) is 4.74 Å². The molecule has 74 valence electrons. The van der Waals surface area contributed by atoms with E-state index in [0.717, 1.165) is 13.2 Å². The van der Waals surface area contributed by atoms with Gasteiger partial charge in [-0.25, -0.2) is 0 Å². The minimum absolute atomic E-state index is 0.595.